The molecular weight excluding hydrogens is 472 g/mol. The number of hydrogen-bond acceptors (Lipinski definition) is 2. The molecule has 0 aliphatic carbocycles. The van der Waals surface area contributed by atoms with Crippen LogP contribution in [0.1, 0.15) is 221 Å². The summed E-state index contributed by atoms with van der Waals surface area (Å²) in [5.41, 5.74) is 3.57. The minimum atomic E-state index is 0. The van der Waals surface area contributed by atoms with E-state index in [0.29, 0.717) is 0 Å². The number of rotatable bonds is 31. The van der Waals surface area contributed by atoms with Crippen LogP contribution in [0, 0.1) is 0 Å². The standard InChI is InChI=1S/C25H54N2.C11H24.CH4/c1-4-6-8-10-12-14-16-18-20-22-24-26-27(3)25-23-21-19-17-15-13-11-9-7-5-2;1-3-5-7-9-11-10-8-6-4-2;/h26H,4-25H2,1-3H3;3-11H2,1-2H3;1H4. The average Bonchev–Trinajstić information content (AvgIpc) is 2.92. The zero-order valence-corrected chi connectivity index (χ0v) is 27.9. The predicted molar refractivity (Wildman–Crippen MR) is 184 cm³/mol. The van der Waals surface area contributed by atoms with Gasteiger partial charge >= 0.3 is 0 Å². The van der Waals surface area contributed by atoms with E-state index in [0.717, 1.165) is 6.54 Å². The Labute approximate surface area is 251 Å². The van der Waals surface area contributed by atoms with Crippen LogP contribution in [-0.4, -0.2) is 25.1 Å². The molecule has 0 saturated heterocycles. The van der Waals surface area contributed by atoms with Crippen LogP contribution in [0.4, 0.5) is 0 Å². The lowest BCUT2D eigenvalue weighted by atomic mass is 10.1. The van der Waals surface area contributed by atoms with Crippen molar-refractivity contribution in [2.75, 3.05) is 20.1 Å². The molecule has 0 amide bonds. The summed E-state index contributed by atoms with van der Waals surface area (Å²) in [5, 5.41) is 2.32. The summed E-state index contributed by atoms with van der Waals surface area (Å²) < 4.78 is 0. The van der Waals surface area contributed by atoms with Gasteiger partial charge < -0.3 is 0 Å². The third kappa shape index (κ3) is 45.1. The van der Waals surface area contributed by atoms with Crippen molar-refractivity contribution in [1.82, 2.24) is 10.4 Å². The smallest absolute Gasteiger partial charge is 0.0127 e. The van der Waals surface area contributed by atoms with Gasteiger partial charge in [-0.25, -0.2) is 5.01 Å². The maximum atomic E-state index is 3.57. The number of nitrogens with zero attached hydrogens (tertiary/aromatic N) is 1. The molecule has 240 valence electrons. The van der Waals surface area contributed by atoms with Crippen LogP contribution in [0.15, 0.2) is 0 Å². The molecule has 0 atom stereocenters. The minimum absolute atomic E-state index is 0. The Balaban J connectivity index is -0.000000909. The van der Waals surface area contributed by atoms with Gasteiger partial charge in [0.2, 0.25) is 0 Å². The van der Waals surface area contributed by atoms with Crippen LogP contribution >= 0.6 is 0 Å². The highest BCUT2D eigenvalue weighted by Gasteiger charge is 1.98. The predicted octanol–water partition coefficient (Wildman–Crippen LogP) is 13.4. The third-order valence-electron chi connectivity index (χ3n) is 7.97. The average molecular weight is 555 g/mol. The molecule has 39 heavy (non-hydrogen) atoms. The molecule has 0 bridgehead atoms. The zero-order valence-electron chi connectivity index (χ0n) is 27.9. The van der Waals surface area contributed by atoms with Gasteiger partial charge in [0.1, 0.15) is 0 Å². The van der Waals surface area contributed by atoms with E-state index in [-0.39, 0.29) is 7.43 Å². The molecule has 0 aliphatic rings. The van der Waals surface area contributed by atoms with Crippen molar-refractivity contribution < 1.29 is 0 Å². The van der Waals surface area contributed by atoms with Crippen LogP contribution < -0.4 is 5.43 Å². The lowest BCUT2D eigenvalue weighted by molar-refractivity contribution is 0.227. The van der Waals surface area contributed by atoms with Gasteiger partial charge in [-0.15, -0.1) is 0 Å². The van der Waals surface area contributed by atoms with E-state index in [1.165, 1.54) is 193 Å². The number of hydrogen-bond donors (Lipinski definition) is 1. The molecule has 0 fully saturated rings. The Hall–Kier alpha value is -0.0800. The Morgan fingerprint density at radius 2 is 0.564 bits per heavy atom. The molecule has 0 saturated carbocycles. The second-order valence-corrected chi connectivity index (χ2v) is 12.2. The topological polar surface area (TPSA) is 15.3 Å². The van der Waals surface area contributed by atoms with E-state index in [4.69, 9.17) is 0 Å². The molecule has 0 rings (SSSR count). The second kappa shape index (κ2) is 42.4. The van der Waals surface area contributed by atoms with Gasteiger partial charge in [0, 0.05) is 20.1 Å². The molecule has 0 aliphatic heterocycles. The lowest BCUT2D eigenvalue weighted by Gasteiger charge is -2.18. The third-order valence-corrected chi connectivity index (χ3v) is 7.97. The van der Waals surface area contributed by atoms with Crippen LogP contribution in [0.2, 0.25) is 0 Å². The molecule has 2 nitrogen and oxygen atoms in total. The summed E-state index contributed by atoms with van der Waals surface area (Å²) in [6, 6.07) is 0. The minimum Gasteiger partial charge on any atom is -0.255 e. The van der Waals surface area contributed by atoms with Gasteiger partial charge in [-0.2, -0.15) is 0 Å². The van der Waals surface area contributed by atoms with Crippen LogP contribution in [0.5, 0.6) is 0 Å². The first-order valence-corrected chi connectivity index (χ1v) is 18.2. The van der Waals surface area contributed by atoms with Gasteiger partial charge in [-0.1, -0.05) is 208 Å². The van der Waals surface area contributed by atoms with E-state index >= 15 is 0 Å². The van der Waals surface area contributed by atoms with Crippen LogP contribution in [0.25, 0.3) is 0 Å². The Kier molecular flexibility index (Phi) is 47.1. The fraction of sp³-hybridized carbons (Fsp3) is 1.00. The Bertz CT molecular complexity index is 362. The first-order valence-electron chi connectivity index (χ1n) is 18.2. The van der Waals surface area contributed by atoms with Gasteiger partial charge in [-0.05, 0) is 12.8 Å². The molecule has 0 aromatic heterocycles. The van der Waals surface area contributed by atoms with Gasteiger partial charge in [0.15, 0.2) is 0 Å². The molecule has 0 aromatic carbocycles. The maximum absolute atomic E-state index is 3.57. The zero-order chi connectivity index (χ0) is 28.2. The Morgan fingerprint density at radius 3 is 0.846 bits per heavy atom. The molecule has 1 N–H and O–H groups in total. The van der Waals surface area contributed by atoms with E-state index < -0.39 is 0 Å². The summed E-state index contributed by atoms with van der Waals surface area (Å²) >= 11 is 0. The van der Waals surface area contributed by atoms with E-state index in [1.54, 1.807) is 0 Å². The summed E-state index contributed by atoms with van der Waals surface area (Å²) in [4.78, 5) is 0. The van der Waals surface area contributed by atoms with E-state index in [1.807, 2.05) is 0 Å². The summed E-state index contributed by atoms with van der Waals surface area (Å²) in [7, 11) is 2.21. The fourth-order valence-corrected chi connectivity index (χ4v) is 5.18. The molecule has 0 aromatic rings. The van der Waals surface area contributed by atoms with Crippen molar-refractivity contribution in [2.45, 2.75) is 221 Å². The SMILES string of the molecule is C.CCCCCCCCCCC.CCCCCCCCCCCCNN(C)CCCCCCCCCCCC. The molecular formula is C37H82N2. The number of hydrazine groups is 1. The van der Waals surface area contributed by atoms with E-state index in [9.17, 15) is 0 Å². The molecule has 0 spiro atoms. The normalized spacial score (nSPS) is 10.9. The summed E-state index contributed by atoms with van der Waals surface area (Å²) in [6.07, 6.45) is 41.4. The van der Waals surface area contributed by atoms with Crippen molar-refractivity contribution in [2.24, 2.45) is 0 Å². The van der Waals surface area contributed by atoms with Gasteiger partial charge in [0.25, 0.3) is 0 Å². The first-order chi connectivity index (χ1) is 18.7. The highest BCUT2D eigenvalue weighted by molar-refractivity contribution is 4.52. The quantitative estimate of drug-likeness (QED) is 0.0677. The van der Waals surface area contributed by atoms with Crippen molar-refractivity contribution in [1.29, 1.82) is 0 Å². The monoisotopic (exact) mass is 555 g/mol. The molecule has 0 radical (unpaired) electrons. The van der Waals surface area contributed by atoms with Crippen LogP contribution in [0.3, 0.4) is 0 Å². The number of nitrogens with one attached hydrogen (secondary N) is 1. The largest absolute Gasteiger partial charge is 0.255 e. The molecule has 2 heteroatoms. The van der Waals surface area contributed by atoms with Gasteiger partial charge in [-0.3, -0.25) is 5.43 Å². The van der Waals surface area contributed by atoms with E-state index in [2.05, 4.69) is 45.2 Å². The summed E-state index contributed by atoms with van der Waals surface area (Å²) in [5.74, 6) is 0. The van der Waals surface area contributed by atoms with Gasteiger partial charge in [0.05, 0.1) is 0 Å². The summed E-state index contributed by atoms with van der Waals surface area (Å²) in [6.45, 7) is 11.5. The van der Waals surface area contributed by atoms with Crippen molar-refractivity contribution in [3.8, 4) is 0 Å². The second-order valence-electron chi connectivity index (χ2n) is 12.2. The highest BCUT2D eigenvalue weighted by Crippen LogP contribution is 2.12. The van der Waals surface area contributed by atoms with Crippen LogP contribution in [-0.2, 0) is 0 Å². The highest BCUT2D eigenvalue weighted by atomic mass is 15.5. The Morgan fingerprint density at radius 1 is 0.333 bits per heavy atom. The fourth-order valence-electron chi connectivity index (χ4n) is 5.18. The lowest BCUT2D eigenvalue weighted by Crippen LogP contribution is -2.35. The number of unbranched alkanes of at least 4 members (excludes halogenated alkanes) is 26. The maximum Gasteiger partial charge on any atom is 0.0127 e. The van der Waals surface area contributed by atoms with Crippen molar-refractivity contribution in [3.63, 3.8) is 0 Å². The van der Waals surface area contributed by atoms with Crippen molar-refractivity contribution >= 4 is 0 Å². The van der Waals surface area contributed by atoms with Crippen molar-refractivity contribution in [3.05, 3.63) is 0 Å². The molecule has 0 heterocycles. The first kappa shape index (κ1) is 43.4. The molecule has 0 unspecified atom stereocenters.